The van der Waals surface area contributed by atoms with E-state index in [1.807, 2.05) is 38.2 Å². The van der Waals surface area contributed by atoms with Crippen LogP contribution in [0.15, 0.2) is 30.6 Å². The molecule has 1 amide bonds. The summed E-state index contributed by atoms with van der Waals surface area (Å²) in [5, 5.41) is 2.90. The van der Waals surface area contributed by atoms with E-state index in [1.54, 1.807) is 6.20 Å². The average Bonchev–Trinajstić information content (AvgIpc) is 3.12. The van der Waals surface area contributed by atoms with Crippen LogP contribution < -0.4 is 5.32 Å². The summed E-state index contributed by atoms with van der Waals surface area (Å²) >= 11 is 0. The number of nitrogens with one attached hydrogen (secondary N) is 1. The third kappa shape index (κ3) is 3.18. The molecule has 0 radical (unpaired) electrons. The molecule has 3 rings (SSSR count). The standard InChI is InChI=1S/C18H23N5O/c1-4-9-23-16-7-6-14(20-18(24)5-2)11-15(16)21-17(23)12-22-10-8-19-13(22)3/h6-8,10-11H,4-5,9,12H2,1-3H3,(H,20,24). The van der Waals surface area contributed by atoms with Gasteiger partial charge in [0.25, 0.3) is 0 Å². The Kier molecular flexibility index (Phi) is 4.64. The normalized spacial score (nSPS) is 11.1. The van der Waals surface area contributed by atoms with E-state index in [9.17, 15) is 4.79 Å². The van der Waals surface area contributed by atoms with Crippen molar-refractivity contribution >= 4 is 22.6 Å². The van der Waals surface area contributed by atoms with Gasteiger partial charge in [-0.2, -0.15) is 0 Å². The highest BCUT2D eigenvalue weighted by atomic mass is 16.1. The number of imidazole rings is 2. The van der Waals surface area contributed by atoms with Crippen molar-refractivity contribution in [1.82, 2.24) is 19.1 Å². The Bertz CT molecular complexity index is 862. The molecular formula is C18H23N5O. The number of benzene rings is 1. The van der Waals surface area contributed by atoms with Gasteiger partial charge in [0.1, 0.15) is 11.6 Å². The van der Waals surface area contributed by atoms with Crippen LogP contribution in [0.25, 0.3) is 11.0 Å². The zero-order valence-corrected chi connectivity index (χ0v) is 14.4. The number of hydrogen-bond acceptors (Lipinski definition) is 3. The summed E-state index contributed by atoms with van der Waals surface area (Å²) < 4.78 is 4.34. The van der Waals surface area contributed by atoms with Crippen LogP contribution in [0.1, 0.15) is 38.3 Å². The van der Waals surface area contributed by atoms with Crippen molar-refractivity contribution in [1.29, 1.82) is 0 Å². The van der Waals surface area contributed by atoms with E-state index in [4.69, 9.17) is 4.98 Å². The maximum Gasteiger partial charge on any atom is 0.224 e. The maximum atomic E-state index is 11.6. The topological polar surface area (TPSA) is 64.7 Å². The van der Waals surface area contributed by atoms with Crippen LogP contribution >= 0.6 is 0 Å². The minimum atomic E-state index is 0.0107. The van der Waals surface area contributed by atoms with Gasteiger partial charge in [-0.25, -0.2) is 9.97 Å². The highest BCUT2D eigenvalue weighted by Gasteiger charge is 2.12. The van der Waals surface area contributed by atoms with Crippen LogP contribution in [0.5, 0.6) is 0 Å². The van der Waals surface area contributed by atoms with Gasteiger partial charge in [0.15, 0.2) is 0 Å². The molecule has 0 aliphatic rings. The lowest BCUT2D eigenvalue weighted by Crippen LogP contribution is -2.09. The number of aromatic nitrogens is 4. The molecule has 24 heavy (non-hydrogen) atoms. The highest BCUT2D eigenvalue weighted by molar-refractivity contribution is 5.92. The molecule has 0 bridgehead atoms. The number of carbonyl (C=O) groups excluding carboxylic acids is 1. The van der Waals surface area contributed by atoms with Gasteiger partial charge in [0.2, 0.25) is 5.91 Å². The van der Waals surface area contributed by atoms with Gasteiger partial charge in [-0.3, -0.25) is 4.79 Å². The minimum absolute atomic E-state index is 0.0107. The predicted octanol–water partition coefficient (Wildman–Crippen LogP) is 3.35. The van der Waals surface area contributed by atoms with Crippen molar-refractivity contribution in [3.8, 4) is 0 Å². The van der Waals surface area contributed by atoms with Crippen LogP contribution in [-0.4, -0.2) is 25.0 Å². The number of hydrogen-bond donors (Lipinski definition) is 1. The first kappa shape index (κ1) is 16.2. The predicted molar refractivity (Wildman–Crippen MR) is 95.0 cm³/mol. The lowest BCUT2D eigenvalue weighted by Gasteiger charge is -2.09. The monoisotopic (exact) mass is 325 g/mol. The number of fused-ring (bicyclic) bond motifs is 1. The van der Waals surface area contributed by atoms with Crippen molar-refractivity contribution in [2.24, 2.45) is 0 Å². The van der Waals surface area contributed by atoms with Crippen molar-refractivity contribution in [2.45, 2.75) is 46.7 Å². The van der Waals surface area contributed by atoms with Crippen molar-refractivity contribution in [2.75, 3.05) is 5.32 Å². The molecule has 0 unspecified atom stereocenters. The molecule has 0 fully saturated rings. The summed E-state index contributed by atoms with van der Waals surface area (Å²) in [7, 11) is 0. The molecule has 2 heterocycles. The molecule has 0 atom stereocenters. The Labute approximate surface area is 141 Å². The molecule has 6 nitrogen and oxygen atoms in total. The zero-order chi connectivity index (χ0) is 17.1. The molecule has 6 heteroatoms. The second-order valence-electron chi connectivity index (χ2n) is 5.89. The van der Waals surface area contributed by atoms with E-state index in [2.05, 4.69) is 26.4 Å². The van der Waals surface area contributed by atoms with Gasteiger partial charge < -0.3 is 14.5 Å². The number of amides is 1. The second kappa shape index (κ2) is 6.86. The number of rotatable bonds is 6. The maximum absolute atomic E-state index is 11.6. The SMILES string of the molecule is CCCn1c(Cn2ccnc2C)nc2cc(NC(=O)CC)ccc21. The molecule has 0 spiro atoms. The molecule has 2 aromatic heterocycles. The first-order chi connectivity index (χ1) is 11.6. The van der Waals surface area contributed by atoms with Crippen LogP contribution in [-0.2, 0) is 17.9 Å². The van der Waals surface area contributed by atoms with Crippen molar-refractivity contribution < 1.29 is 4.79 Å². The van der Waals surface area contributed by atoms with Crippen molar-refractivity contribution in [3.05, 3.63) is 42.2 Å². The summed E-state index contributed by atoms with van der Waals surface area (Å²) in [6, 6.07) is 5.92. The van der Waals surface area contributed by atoms with Gasteiger partial charge >= 0.3 is 0 Å². The number of carbonyl (C=O) groups is 1. The average molecular weight is 325 g/mol. The quantitative estimate of drug-likeness (QED) is 0.756. The summed E-state index contributed by atoms with van der Waals surface area (Å²) in [5.74, 6) is 1.99. The number of nitrogens with zero attached hydrogens (tertiary/aromatic N) is 4. The summed E-state index contributed by atoms with van der Waals surface area (Å²) in [6.45, 7) is 7.60. The van der Waals surface area contributed by atoms with Gasteiger partial charge in [-0.15, -0.1) is 0 Å². The smallest absolute Gasteiger partial charge is 0.224 e. The molecule has 0 aliphatic carbocycles. The first-order valence-corrected chi connectivity index (χ1v) is 8.39. The molecule has 3 aromatic rings. The van der Waals surface area contributed by atoms with Crippen molar-refractivity contribution in [3.63, 3.8) is 0 Å². The second-order valence-corrected chi connectivity index (χ2v) is 5.89. The Morgan fingerprint density at radius 2 is 2.12 bits per heavy atom. The fourth-order valence-corrected chi connectivity index (χ4v) is 2.82. The third-order valence-corrected chi connectivity index (χ3v) is 4.11. The molecule has 1 aromatic carbocycles. The van der Waals surface area contributed by atoms with Gasteiger partial charge in [-0.1, -0.05) is 13.8 Å². The lowest BCUT2D eigenvalue weighted by atomic mass is 10.2. The zero-order valence-electron chi connectivity index (χ0n) is 14.4. The van der Waals surface area contributed by atoms with Gasteiger partial charge in [0.05, 0.1) is 17.6 Å². The fraction of sp³-hybridized carbons (Fsp3) is 0.389. The summed E-state index contributed by atoms with van der Waals surface area (Å²) in [5.41, 5.74) is 2.80. The molecule has 0 aliphatic heterocycles. The Morgan fingerprint density at radius 3 is 2.79 bits per heavy atom. The summed E-state index contributed by atoms with van der Waals surface area (Å²) in [4.78, 5) is 20.7. The Balaban J connectivity index is 1.99. The molecule has 0 saturated heterocycles. The number of anilines is 1. The van der Waals surface area contributed by atoms with Crippen LogP contribution in [0.3, 0.4) is 0 Å². The fourth-order valence-electron chi connectivity index (χ4n) is 2.82. The Morgan fingerprint density at radius 1 is 1.29 bits per heavy atom. The van der Waals surface area contributed by atoms with Crippen LogP contribution in [0.2, 0.25) is 0 Å². The van der Waals surface area contributed by atoms with E-state index in [0.717, 1.165) is 41.3 Å². The highest BCUT2D eigenvalue weighted by Crippen LogP contribution is 2.22. The van der Waals surface area contributed by atoms with E-state index in [-0.39, 0.29) is 5.91 Å². The van der Waals surface area contributed by atoms with Gasteiger partial charge in [-0.05, 0) is 31.5 Å². The number of aryl methyl sites for hydroxylation is 2. The molecule has 126 valence electrons. The minimum Gasteiger partial charge on any atom is -0.328 e. The van der Waals surface area contributed by atoms with E-state index in [1.165, 1.54) is 0 Å². The molecular weight excluding hydrogens is 302 g/mol. The van der Waals surface area contributed by atoms with Crippen LogP contribution in [0.4, 0.5) is 5.69 Å². The van der Waals surface area contributed by atoms with Gasteiger partial charge in [0, 0.05) is 31.0 Å². The van der Waals surface area contributed by atoms with E-state index in [0.29, 0.717) is 13.0 Å². The van der Waals surface area contributed by atoms with E-state index < -0.39 is 0 Å². The first-order valence-electron chi connectivity index (χ1n) is 8.39. The third-order valence-electron chi connectivity index (χ3n) is 4.11. The summed E-state index contributed by atoms with van der Waals surface area (Å²) in [6.07, 6.45) is 5.28. The van der Waals surface area contributed by atoms with E-state index >= 15 is 0 Å². The molecule has 0 saturated carbocycles. The largest absolute Gasteiger partial charge is 0.328 e. The van der Waals surface area contributed by atoms with Crippen LogP contribution in [0, 0.1) is 6.92 Å². The lowest BCUT2D eigenvalue weighted by molar-refractivity contribution is -0.115. The molecule has 1 N–H and O–H groups in total. The Hall–Kier alpha value is -2.63.